The van der Waals surface area contributed by atoms with E-state index in [0.29, 0.717) is 0 Å². The number of nitrogens with one attached hydrogen (secondary N) is 1. The second-order valence-electron chi connectivity index (χ2n) is 6.34. The largest absolute Gasteiger partial charge is 0.316 e. The predicted molar refractivity (Wildman–Crippen MR) is 71.2 cm³/mol. The summed E-state index contributed by atoms with van der Waals surface area (Å²) in [7, 11) is 0. The third kappa shape index (κ3) is 2.67. The van der Waals surface area contributed by atoms with Gasteiger partial charge in [-0.25, -0.2) is 0 Å². The molecule has 0 amide bonds. The van der Waals surface area contributed by atoms with Gasteiger partial charge in [0.1, 0.15) is 0 Å². The van der Waals surface area contributed by atoms with Gasteiger partial charge in [0.15, 0.2) is 0 Å². The monoisotopic (exact) mass is 237 g/mol. The fourth-order valence-corrected chi connectivity index (χ4v) is 3.83. The molecule has 1 N–H and O–H groups in total. The van der Waals surface area contributed by atoms with E-state index in [-0.39, 0.29) is 0 Å². The van der Waals surface area contributed by atoms with Crippen LogP contribution in [0.25, 0.3) is 0 Å². The summed E-state index contributed by atoms with van der Waals surface area (Å²) in [6, 6.07) is 0.877. The summed E-state index contributed by atoms with van der Waals surface area (Å²) < 4.78 is 0. The molecule has 17 heavy (non-hydrogen) atoms. The van der Waals surface area contributed by atoms with Crippen molar-refractivity contribution in [3.63, 3.8) is 0 Å². The zero-order chi connectivity index (χ0) is 11.7. The molecule has 3 heteroatoms. The smallest absolute Gasteiger partial charge is 0.0223 e. The quantitative estimate of drug-likeness (QED) is 0.773. The van der Waals surface area contributed by atoms with E-state index in [1.165, 1.54) is 65.1 Å². The van der Waals surface area contributed by atoms with Crippen LogP contribution in [0.15, 0.2) is 0 Å². The minimum Gasteiger partial charge on any atom is -0.316 e. The van der Waals surface area contributed by atoms with E-state index in [0.717, 1.165) is 17.9 Å². The molecule has 0 radical (unpaired) electrons. The number of fused-ring (bicyclic) bond motifs is 1. The van der Waals surface area contributed by atoms with Crippen LogP contribution in [-0.2, 0) is 0 Å². The zero-order valence-electron chi connectivity index (χ0n) is 11.2. The molecule has 98 valence electrons. The van der Waals surface area contributed by atoms with E-state index in [4.69, 9.17) is 0 Å². The third-order valence-corrected chi connectivity index (χ3v) is 5.09. The maximum atomic E-state index is 3.53. The molecular formula is C14H27N3. The number of hydrogen-bond acceptors (Lipinski definition) is 3. The van der Waals surface area contributed by atoms with Crippen LogP contribution >= 0.6 is 0 Å². The normalized spacial score (nSPS) is 40.4. The first kappa shape index (κ1) is 11.9. The van der Waals surface area contributed by atoms with Gasteiger partial charge in [0.25, 0.3) is 0 Å². The Morgan fingerprint density at radius 1 is 1.12 bits per heavy atom. The first-order valence-electron chi connectivity index (χ1n) is 7.50. The van der Waals surface area contributed by atoms with E-state index >= 15 is 0 Å². The Hall–Kier alpha value is -0.120. The van der Waals surface area contributed by atoms with Crippen LogP contribution < -0.4 is 5.32 Å². The number of piperidine rings is 1. The highest BCUT2D eigenvalue weighted by Gasteiger charge is 2.31. The summed E-state index contributed by atoms with van der Waals surface area (Å²) >= 11 is 0. The molecule has 3 atom stereocenters. The molecule has 0 saturated carbocycles. The van der Waals surface area contributed by atoms with Crippen molar-refractivity contribution in [3.8, 4) is 0 Å². The van der Waals surface area contributed by atoms with Gasteiger partial charge in [0.2, 0.25) is 0 Å². The lowest BCUT2D eigenvalue weighted by atomic mass is 9.95. The van der Waals surface area contributed by atoms with Crippen molar-refractivity contribution >= 4 is 0 Å². The average Bonchev–Trinajstić information content (AvgIpc) is 2.75. The maximum absolute atomic E-state index is 3.53. The SMILES string of the molecule is C[C@@H]1CNC[C@H]1CN1CCN2CCCCC2C1. The first-order chi connectivity index (χ1) is 8.33. The molecule has 3 aliphatic heterocycles. The summed E-state index contributed by atoms with van der Waals surface area (Å²) in [6.45, 7) is 11.5. The standard InChI is InChI=1S/C14H27N3/c1-12-8-15-9-13(12)10-16-6-7-17-5-3-2-4-14(17)11-16/h12-15H,2-11H2,1H3/t12-,13+,14?/m1/s1. The molecule has 3 rings (SSSR count). The Morgan fingerprint density at radius 2 is 2.06 bits per heavy atom. The van der Waals surface area contributed by atoms with Crippen LogP contribution in [0.4, 0.5) is 0 Å². The fourth-order valence-electron chi connectivity index (χ4n) is 3.83. The average molecular weight is 237 g/mol. The van der Waals surface area contributed by atoms with Gasteiger partial charge in [0.05, 0.1) is 0 Å². The molecule has 0 aromatic rings. The first-order valence-corrected chi connectivity index (χ1v) is 7.50. The van der Waals surface area contributed by atoms with Gasteiger partial charge in [-0.1, -0.05) is 13.3 Å². The van der Waals surface area contributed by atoms with Gasteiger partial charge < -0.3 is 10.2 Å². The van der Waals surface area contributed by atoms with Crippen LogP contribution in [0.2, 0.25) is 0 Å². The number of hydrogen-bond donors (Lipinski definition) is 1. The molecule has 1 unspecified atom stereocenters. The lowest BCUT2D eigenvalue weighted by molar-refractivity contribution is 0.0405. The summed E-state index contributed by atoms with van der Waals surface area (Å²) in [5, 5.41) is 3.53. The van der Waals surface area contributed by atoms with Crippen LogP contribution in [0.5, 0.6) is 0 Å². The summed E-state index contributed by atoms with van der Waals surface area (Å²) in [5.41, 5.74) is 0. The molecule has 0 aromatic heterocycles. The van der Waals surface area contributed by atoms with Crippen molar-refractivity contribution in [2.45, 2.75) is 32.2 Å². The molecule has 3 fully saturated rings. The van der Waals surface area contributed by atoms with E-state index in [9.17, 15) is 0 Å². The molecule has 3 aliphatic rings. The van der Waals surface area contributed by atoms with Crippen LogP contribution in [0.1, 0.15) is 26.2 Å². The summed E-state index contributed by atoms with van der Waals surface area (Å²) in [6.07, 6.45) is 4.32. The van der Waals surface area contributed by atoms with E-state index in [2.05, 4.69) is 22.0 Å². The molecule has 3 saturated heterocycles. The maximum Gasteiger partial charge on any atom is 0.0223 e. The van der Waals surface area contributed by atoms with Crippen molar-refractivity contribution in [2.24, 2.45) is 11.8 Å². The Balaban J connectivity index is 1.51. The Bertz CT molecular complexity index is 256. The number of piperazine rings is 1. The third-order valence-electron chi connectivity index (χ3n) is 5.09. The molecule has 3 nitrogen and oxygen atoms in total. The molecule has 3 heterocycles. The Labute approximate surface area is 106 Å². The van der Waals surface area contributed by atoms with E-state index in [1.807, 2.05) is 0 Å². The van der Waals surface area contributed by atoms with Crippen molar-refractivity contribution in [1.29, 1.82) is 0 Å². The lowest BCUT2D eigenvalue weighted by Gasteiger charge is -2.44. The van der Waals surface area contributed by atoms with Crippen molar-refractivity contribution in [2.75, 3.05) is 45.8 Å². The van der Waals surface area contributed by atoms with Crippen LogP contribution in [0, 0.1) is 11.8 Å². The van der Waals surface area contributed by atoms with Gasteiger partial charge in [-0.05, 0) is 44.3 Å². The van der Waals surface area contributed by atoms with Gasteiger partial charge in [-0.2, -0.15) is 0 Å². The molecule has 0 bridgehead atoms. The fraction of sp³-hybridized carbons (Fsp3) is 1.00. The highest BCUT2D eigenvalue weighted by molar-refractivity contribution is 4.88. The topological polar surface area (TPSA) is 18.5 Å². The van der Waals surface area contributed by atoms with Gasteiger partial charge in [0, 0.05) is 32.2 Å². The van der Waals surface area contributed by atoms with Crippen molar-refractivity contribution in [3.05, 3.63) is 0 Å². The Morgan fingerprint density at radius 3 is 2.88 bits per heavy atom. The minimum absolute atomic E-state index is 0.874. The summed E-state index contributed by atoms with van der Waals surface area (Å²) in [4.78, 5) is 5.47. The predicted octanol–water partition coefficient (Wildman–Crippen LogP) is 1.01. The highest BCUT2D eigenvalue weighted by Crippen LogP contribution is 2.23. The molecular weight excluding hydrogens is 210 g/mol. The van der Waals surface area contributed by atoms with Crippen molar-refractivity contribution in [1.82, 2.24) is 15.1 Å². The number of rotatable bonds is 2. The van der Waals surface area contributed by atoms with Crippen LogP contribution in [-0.4, -0.2) is 61.7 Å². The van der Waals surface area contributed by atoms with Crippen LogP contribution in [0.3, 0.4) is 0 Å². The van der Waals surface area contributed by atoms with Gasteiger partial charge in [-0.3, -0.25) is 4.90 Å². The van der Waals surface area contributed by atoms with Crippen molar-refractivity contribution < 1.29 is 0 Å². The molecule has 0 spiro atoms. The van der Waals surface area contributed by atoms with Gasteiger partial charge in [-0.15, -0.1) is 0 Å². The number of nitrogens with zero attached hydrogens (tertiary/aromatic N) is 2. The minimum atomic E-state index is 0.874. The highest BCUT2D eigenvalue weighted by atomic mass is 15.3. The second kappa shape index (κ2) is 5.25. The second-order valence-corrected chi connectivity index (χ2v) is 6.34. The summed E-state index contributed by atoms with van der Waals surface area (Å²) in [5.74, 6) is 1.77. The lowest BCUT2D eigenvalue weighted by Crippen LogP contribution is -2.55. The molecule has 0 aliphatic carbocycles. The Kier molecular flexibility index (Phi) is 3.69. The van der Waals surface area contributed by atoms with E-state index < -0.39 is 0 Å². The van der Waals surface area contributed by atoms with E-state index in [1.54, 1.807) is 0 Å². The van der Waals surface area contributed by atoms with Gasteiger partial charge >= 0.3 is 0 Å². The molecule has 0 aromatic carbocycles. The zero-order valence-corrected chi connectivity index (χ0v) is 11.2.